The number of ether oxygens (including phenoxy) is 1. The van der Waals surface area contributed by atoms with Crippen molar-refractivity contribution in [2.45, 2.75) is 70.7 Å². The van der Waals surface area contributed by atoms with Gasteiger partial charge in [0.05, 0.1) is 17.9 Å². The van der Waals surface area contributed by atoms with E-state index in [9.17, 15) is 14.4 Å². The largest absolute Gasteiger partial charge is 0.359 e. The molecule has 2 saturated heterocycles. The molecule has 218 valence electrons. The molecule has 3 fully saturated rings. The van der Waals surface area contributed by atoms with Crippen LogP contribution >= 0.6 is 23.2 Å². The molecule has 2 bridgehead atoms. The zero-order chi connectivity index (χ0) is 28.8. The topological polar surface area (TPSA) is 91.0 Å². The van der Waals surface area contributed by atoms with E-state index in [1.807, 2.05) is 12.2 Å². The van der Waals surface area contributed by atoms with Crippen LogP contribution in [-0.2, 0) is 19.1 Å². The lowest BCUT2D eigenvalue weighted by atomic mass is 9.73. The molecule has 5 rings (SSSR count). The van der Waals surface area contributed by atoms with E-state index in [0.717, 1.165) is 32.4 Å². The second-order valence-electron chi connectivity index (χ2n) is 11.8. The van der Waals surface area contributed by atoms with Gasteiger partial charge < -0.3 is 25.2 Å². The van der Waals surface area contributed by atoms with E-state index in [-0.39, 0.29) is 23.8 Å². The van der Waals surface area contributed by atoms with E-state index in [0.29, 0.717) is 40.7 Å². The molecule has 3 heterocycles. The van der Waals surface area contributed by atoms with Gasteiger partial charge in [0.15, 0.2) is 0 Å². The number of carbonyl (C=O) groups is 3. The number of nitrogens with zero attached hydrogens (tertiary/aromatic N) is 2. The highest BCUT2D eigenvalue weighted by Gasteiger charge is 2.72. The average Bonchev–Trinajstić information content (AvgIpc) is 3.54. The summed E-state index contributed by atoms with van der Waals surface area (Å²) < 4.78 is 6.47. The number of benzene rings is 1. The summed E-state index contributed by atoms with van der Waals surface area (Å²) in [5.41, 5.74) is -0.742. The van der Waals surface area contributed by atoms with Crippen molar-refractivity contribution in [3.8, 4) is 0 Å². The van der Waals surface area contributed by atoms with Crippen molar-refractivity contribution in [3.05, 3.63) is 40.4 Å². The smallest absolute Gasteiger partial charge is 0.246 e. The van der Waals surface area contributed by atoms with Crippen molar-refractivity contribution in [2.24, 2.45) is 23.7 Å². The molecule has 1 saturated carbocycles. The molecule has 8 atom stereocenters. The van der Waals surface area contributed by atoms with Crippen LogP contribution in [0.4, 0.5) is 5.69 Å². The third-order valence-corrected chi connectivity index (χ3v) is 10.1. The van der Waals surface area contributed by atoms with Gasteiger partial charge in [0.25, 0.3) is 0 Å². The zero-order valence-electron chi connectivity index (χ0n) is 23.7. The fourth-order valence-corrected chi connectivity index (χ4v) is 7.72. The van der Waals surface area contributed by atoms with E-state index >= 15 is 0 Å². The number of hydrogen-bond donors (Lipinski definition) is 2. The number of likely N-dealkylation sites (tertiary alicyclic amines) is 1. The molecule has 1 aromatic carbocycles. The van der Waals surface area contributed by atoms with Crippen LogP contribution in [0.3, 0.4) is 0 Å². The van der Waals surface area contributed by atoms with Crippen molar-refractivity contribution in [1.82, 2.24) is 15.1 Å². The van der Waals surface area contributed by atoms with Crippen LogP contribution in [0, 0.1) is 23.7 Å². The van der Waals surface area contributed by atoms with Gasteiger partial charge in [0.2, 0.25) is 17.7 Å². The summed E-state index contributed by atoms with van der Waals surface area (Å²) >= 11 is 12.3. The summed E-state index contributed by atoms with van der Waals surface area (Å²) in [7, 11) is 0. The highest BCUT2D eigenvalue weighted by molar-refractivity contribution is 6.35. The molecule has 3 aliphatic heterocycles. The van der Waals surface area contributed by atoms with Gasteiger partial charge >= 0.3 is 0 Å². The molecule has 1 aliphatic carbocycles. The lowest BCUT2D eigenvalue weighted by Crippen LogP contribution is -2.58. The van der Waals surface area contributed by atoms with Gasteiger partial charge in [-0.2, -0.15) is 0 Å². The zero-order valence-corrected chi connectivity index (χ0v) is 25.2. The Morgan fingerprint density at radius 1 is 1.10 bits per heavy atom. The fourth-order valence-electron chi connectivity index (χ4n) is 7.20. The minimum Gasteiger partial charge on any atom is -0.359 e. The lowest BCUT2D eigenvalue weighted by Gasteiger charge is -2.38. The van der Waals surface area contributed by atoms with Gasteiger partial charge in [-0.15, -0.1) is 0 Å². The van der Waals surface area contributed by atoms with Crippen LogP contribution in [0.1, 0.15) is 47.0 Å². The normalized spacial score (nSPS) is 34.4. The van der Waals surface area contributed by atoms with E-state index in [2.05, 4.69) is 43.2 Å². The minimum absolute atomic E-state index is 0.0423. The highest BCUT2D eigenvalue weighted by atomic mass is 35.5. The molecule has 10 heteroatoms. The van der Waals surface area contributed by atoms with Crippen LogP contribution in [0.25, 0.3) is 0 Å². The standard InChI is InChI=1S/C30H40Cl2N4O4/c1-5-35(6-2)12-13-36-26(28(38)34-22-9-7-8-17(3)18(22)4)30-11-10-23(40-30)24(25(30)29(36)39)27(37)33-21-15-19(31)14-20(32)16-21/h10-11,14-18,22-26H,5-9,12-13H2,1-4H3,(H,33,37)(H,34,38)/t17-,18-,22-,23+,24-,25+,26+,30+/m1/s1. The number of carbonyl (C=O) groups excluding carboxylic acids is 3. The fraction of sp³-hybridized carbons (Fsp3) is 0.633. The summed E-state index contributed by atoms with van der Waals surface area (Å²) in [4.78, 5) is 45.8. The van der Waals surface area contributed by atoms with Gasteiger partial charge in [-0.1, -0.05) is 75.9 Å². The molecule has 1 spiro atoms. The van der Waals surface area contributed by atoms with Crippen LogP contribution in [0.15, 0.2) is 30.4 Å². The molecule has 0 radical (unpaired) electrons. The van der Waals surface area contributed by atoms with E-state index in [1.165, 1.54) is 0 Å². The maximum absolute atomic E-state index is 14.2. The van der Waals surface area contributed by atoms with Crippen molar-refractivity contribution in [2.75, 3.05) is 31.5 Å². The Morgan fingerprint density at radius 2 is 1.80 bits per heavy atom. The Kier molecular flexibility index (Phi) is 8.54. The summed E-state index contributed by atoms with van der Waals surface area (Å²) in [6, 6.07) is 4.01. The van der Waals surface area contributed by atoms with Crippen LogP contribution in [-0.4, -0.2) is 77.5 Å². The Bertz CT molecular complexity index is 1170. The molecule has 1 aromatic rings. The molecule has 0 aromatic heterocycles. The van der Waals surface area contributed by atoms with Crippen LogP contribution < -0.4 is 10.6 Å². The van der Waals surface area contributed by atoms with Crippen molar-refractivity contribution in [1.29, 1.82) is 0 Å². The van der Waals surface area contributed by atoms with E-state index < -0.39 is 29.6 Å². The average molecular weight is 592 g/mol. The first-order chi connectivity index (χ1) is 19.1. The van der Waals surface area contributed by atoms with E-state index in [4.69, 9.17) is 27.9 Å². The monoisotopic (exact) mass is 590 g/mol. The van der Waals surface area contributed by atoms with Crippen molar-refractivity contribution >= 4 is 46.6 Å². The predicted octanol–water partition coefficient (Wildman–Crippen LogP) is 4.37. The number of rotatable bonds is 9. The minimum atomic E-state index is -1.19. The third-order valence-electron chi connectivity index (χ3n) is 9.64. The van der Waals surface area contributed by atoms with E-state index in [1.54, 1.807) is 23.1 Å². The molecule has 0 unspecified atom stereocenters. The highest BCUT2D eigenvalue weighted by Crippen LogP contribution is 2.55. The van der Waals surface area contributed by atoms with Crippen LogP contribution in [0.2, 0.25) is 10.0 Å². The number of amides is 3. The molecule has 3 amide bonds. The first-order valence-electron chi connectivity index (χ1n) is 14.6. The molecule has 2 N–H and O–H groups in total. The van der Waals surface area contributed by atoms with Gasteiger partial charge in [0, 0.05) is 34.9 Å². The molecular weight excluding hydrogens is 551 g/mol. The van der Waals surface area contributed by atoms with Gasteiger partial charge in [0.1, 0.15) is 11.6 Å². The van der Waals surface area contributed by atoms with Gasteiger partial charge in [-0.3, -0.25) is 14.4 Å². The van der Waals surface area contributed by atoms with Crippen molar-refractivity contribution < 1.29 is 19.1 Å². The molecule has 4 aliphatic rings. The van der Waals surface area contributed by atoms with Gasteiger partial charge in [-0.25, -0.2) is 0 Å². The Morgan fingerprint density at radius 3 is 2.48 bits per heavy atom. The maximum atomic E-state index is 14.2. The number of likely N-dealkylation sites (N-methyl/N-ethyl adjacent to an activating group) is 1. The third kappa shape index (κ3) is 5.17. The molecule has 40 heavy (non-hydrogen) atoms. The van der Waals surface area contributed by atoms with Crippen molar-refractivity contribution in [3.63, 3.8) is 0 Å². The Hall–Kier alpha value is -2.13. The second-order valence-corrected chi connectivity index (χ2v) is 12.7. The molecular formula is C30H40Cl2N4O4. The predicted molar refractivity (Wildman–Crippen MR) is 156 cm³/mol. The number of hydrogen-bond acceptors (Lipinski definition) is 5. The Balaban J connectivity index is 1.44. The first-order valence-corrected chi connectivity index (χ1v) is 15.3. The molecule has 8 nitrogen and oxygen atoms in total. The SMILES string of the molecule is CCN(CC)CCN1C(=O)[C@@H]2[C@H](C(=O)Nc3cc(Cl)cc(Cl)c3)[C@@H]3C=C[C@@]2(O3)[C@@H]1C(=O)N[C@@H]1CCC[C@@H](C)[C@H]1C. The summed E-state index contributed by atoms with van der Waals surface area (Å²) in [6.07, 6.45) is 6.22. The first kappa shape index (κ1) is 29.4. The van der Waals surface area contributed by atoms with Crippen LogP contribution in [0.5, 0.6) is 0 Å². The Labute approximate surface area is 246 Å². The second kappa shape index (κ2) is 11.6. The number of fused-ring (bicyclic) bond motifs is 1. The van der Waals surface area contributed by atoms with Gasteiger partial charge in [-0.05, 0) is 49.5 Å². The quantitative estimate of drug-likeness (QED) is 0.417. The summed E-state index contributed by atoms with van der Waals surface area (Å²) in [5, 5.41) is 6.97. The number of halogens is 2. The number of nitrogens with one attached hydrogen (secondary N) is 2. The summed E-state index contributed by atoms with van der Waals surface area (Å²) in [5.74, 6) is -1.49. The lowest BCUT2D eigenvalue weighted by molar-refractivity contribution is -0.141. The summed E-state index contributed by atoms with van der Waals surface area (Å²) in [6.45, 7) is 11.3. The maximum Gasteiger partial charge on any atom is 0.246 e. The number of anilines is 1.